The highest BCUT2D eigenvalue weighted by atomic mass is 31.2. The normalized spacial score (nSPS) is 16.3. The van der Waals surface area contributed by atoms with E-state index < -0.39 is 27.1 Å². The summed E-state index contributed by atoms with van der Waals surface area (Å²) in [6, 6.07) is 0. The van der Waals surface area contributed by atoms with Crippen molar-refractivity contribution in [3.63, 3.8) is 0 Å². The van der Waals surface area contributed by atoms with Crippen LogP contribution in [0, 0.1) is 5.92 Å². The molecule has 0 aromatic heterocycles. The van der Waals surface area contributed by atoms with E-state index in [1.165, 1.54) is 0 Å². The fraction of sp³-hybridized carbons (Fsp3) is 1.00. The minimum absolute atomic E-state index is 0.255. The van der Waals surface area contributed by atoms with Gasteiger partial charge in [-0.15, -0.1) is 0 Å². The van der Waals surface area contributed by atoms with Crippen molar-refractivity contribution < 1.29 is 28.7 Å². The van der Waals surface area contributed by atoms with E-state index in [0.29, 0.717) is 6.54 Å². The molecule has 0 aliphatic carbocycles. The van der Waals surface area contributed by atoms with Gasteiger partial charge in [-0.25, -0.2) is 0 Å². The molecule has 116 valence electrons. The van der Waals surface area contributed by atoms with Crippen molar-refractivity contribution in [2.45, 2.75) is 45.3 Å². The molecule has 0 heterocycles. The van der Waals surface area contributed by atoms with Gasteiger partial charge in [0.05, 0.1) is 6.16 Å². The number of unbranched alkanes of at least 4 members (excludes halogenated alkanes) is 1. The highest BCUT2D eigenvalue weighted by Crippen LogP contribution is 2.47. The van der Waals surface area contributed by atoms with Crippen molar-refractivity contribution >= 4 is 15.2 Å². The third-order valence-corrected chi connectivity index (χ3v) is 5.31. The topological polar surface area (TPSA) is 127 Å². The summed E-state index contributed by atoms with van der Waals surface area (Å²) in [6.45, 7) is 4.40. The van der Waals surface area contributed by atoms with Crippen LogP contribution in [0.2, 0.25) is 0 Å². The number of rotatable bonds is 10. The van der Waals surface area contributed by atoms with E-state index in [1.54, 1.807) is 0 Å². The van der Waals surface area contributed by atoms with E-state index in [1.807, 2.05) is 6.92 Å². The van der Waals surface area contributed by atoms with Gasteiger partial charge < -0.3 is 24.9 Å². The molecule has 19 heavy (non-hydrogen) atoms. The molecule has 0 rings (SSSR count). The van der Waals surface area contributed by atoms with Crippen molar-refractivity contribution in [2.75, 3.05) is 12.7 Å². The lowest BCUT2D eigenvalue weighted by molar-refractivity contribution is 0.326. The lowest BCUT2D eigenvalue weighted by Crippen LogP contribution is -2.36. The van der Waals surface area contributed by atoms with Crippen molar-refractivity contribution in [1.82, 2.24) is 5.32 Å². The summed E-state index contributed by atoms with van der Waals surface area (Å²) in [5.41, 5.74) is 0. The van der Waals surface area contributed by atoms with Crippen molar-refractivity contribution in [3.05, 3.63) is 0 Å². The van der Waals surface area contributed by atoms with Crippen molar-refractivity contribution in [3.8, 4) is 0 Å². The largest absolute Gasteiger partial charge is 0.342 e. The SMILES string of the molecule is CCCCC(CC)CNC(CP(=O)(O)O)P(=O)(O)O. The average Bonchev–Trinajstić information content (AvgIpc) is 2.24. The van der Waals surface area contributed by atoms with Gasteiger partial charge in [-0.3, -0.25) is 9.13 Å². The Morgan fingerprint density at radius 2 is 1.68 bits per heavy atom. The monoisotopic (exact) mass is 317 g/mol. The van der Waals surface area contributed by atoms with Gasteiger partial charge in [-0.05, 0) is 18.9 Å². The molecule has 0 aliphatic rings. The minimum atomic E-state index is -4.57. The Balaban J connectivity index is 4.49. The molecule has 7 nitrogen and oxygen atoms in total. The van der Waals surface area contributed by atoms with E-state index in [4.69, 9.17) is 19.6 Å². The Bertz CT molecular complexity index is 339. The van der Waals surface area contributed by atoms with Crippen molar-refractivity contribution in [2.24, 2.45) is 5.92 Å². The zero-order chi connectivity index (χ0) is 15.1. The van der Waals surface area contributed by atoms with Gasteiger partial charge in [0, 0.05) is 0 Å². The van der Waals surface area contributed by atoms with E-state index in [9.17, 15) is 9.13 Å². The number of hydrogen-bond acceptors (Lipinski definition) is 3. The van der Waals surface area contributed by atoms with Crippen LogP contribution in [0.4, 0.5) is 0 Å². The molecular weight excluding hydrogens is 292 g/mol. The third kappa shape index (κ3) is 9.74. The van der Waals surface area contributed by atoms with Gasteiger partial charge in [-0.2, -0.15) is 0 Å². The zero-order valence-electron chi connectivity index (χ0n) is 11.4. The Morgan fingerprint density at radius 1 is 1.11 bits per heavy atom. The van der Waals surface area contributed by atoms with Gasteiger partial charge in [0.2, 0.25) is 0 Å². The summed E-state index contributed by atoms with van der Waals surface area (Å²) < 4.78 is 22.1. The molecule has 0 radical (unpaired) electrons. The van der Waals surface area contributed by atoms with E-state index in [2.05, 4.69) is 12.2 Å². The molecule has 0 aliphatic heterocycles. The summed E-state index contributed by atoms with van der Waals surface area (Å²) in [4.78, 5) is 35.9. The van der Waals surface area contributed by atoms with Crippen LogP contribution < -0.4 is 5.32 Å². The van der Waals surface area contributed by atoms with Crippen LogP contribution in [0.25, 0.3) is 0 Å². The first-order valence-electron chi connectivity index (χ1n) is 6.43. The molecule has 0 bridgehead atoms. The highest BCUT2D eigenvalue weighted by Gasteiger charge is 2.34. The maximum absolute atomic E-state index is 11.2. The summed E-state index contributed by atoms with van der Waals surface area (Å²) in [6.07, 6.45) is 3.02. The second kappa shape index (κ2) is 8.53. The lowest BCUT2D eigenvalue weighted by atomic mass is 9.99. The Labute approximate surface area is 114 Å². The smallest absolute Gasteiger partial charge is 0.324 e. The van der Waals surface area contributed by atoms with E-state index in [-0.39, 0.29) is 5.92 Å². The van der Waals surface area contributed by atoms with Crippen LogP contribution in [0.1, 0.15) is 39.5 Å². The van der Waals surface area contributed by atoms with Crippen LogP contribution >= 0.6 is 15.2 Å². The Hall–Kier alpha value is 0.260. The Morgan fingerprint density at radius 3 is 2.05 bits per heavy atom. The number of hydrogen-bond donors (Lipinski definition) is 5. The fourth-order valence-electron chi connectivity index (χ4n) is 1.76. The molecule has 0 amide bonds. The van der Waals surface area contributed by atoms with Gasteiger partial charge in [0.25, 0.3) is 0 Å². The van der Waals surface area contributed by atoms with Crippen LogP contribution in [0.5, 0.6) is 0 Å². The first kappa shape index (κ1) is 19.3. The van der Waals surface area contributed by atoms with E-state index in [0.717, 1.165) is 25.7 Å². The fourth-order valence-corrected chi connectivity index (χ4v) is 4.17. The molecule has 2 atom stereocenters. The molecule has 0 fully saturated rings. The quantitative estimate of drug-likeness (QED) is 0.386. The minimum Gasteiger partial charge on any atom is -0.324 e. The summed E-state index contributed by atoms with van der Waals surface area (Å²) in [5.74, 6) is -1.23. The zero-order valence-corrected chi connectivity index (χ0v) is 13.2. The molecule has 0 aromatic rings. The van der Waals surface area contributed by atoms with Crippen LogP contribution in [0.3, 0.4) is 0 Å². The summed E-state index contributed by atoms with van der Waals surface area (Å²) in [5, 5.41) is 2.62. The lowest BCUT2D eigenvalue weighted by Gasteiger charge is -2.23. The van der Waals surface area contributed by atoms with Crippen molar-refractivity contribution in [1.29, 1.82) is 0 Å². The molecule has 5 N–H and O–H groups in total. The molecule has 9 heteroatoms. The molecule has 0 saturated heterocycles. The standard InChI is InChI=1S/C10H25NO6P2/c1-3-5-6-9(4-2)7-11-10(19(15,16)17)8-18(12,13)14/h9-11H,3-8H2,1-2H3,(H2,12,13,14)(H2,15,16,17). The van der Waals surface area contributed by atoms with Gasteiger partial charge in [0.15, 0.2) is 0 Å². The van der Waals surface area contributed by atoms with Crippen LogP contribution in [-0.4, -0.2) is 38.1 Å². The summed E-state index contributed by atoms with van der Waals surface area (Å²) >= 11 is 0. The maximum Gasteiger partial charge on any atom is 0.342 e. The number of nitrogens with one attached hydrogen (secondary N) is 1. The molecule has 0 spiro atoms. The first-order valence-corrected chi connectivity index (χ1v) is 9.91. The van der Waals surface area contributed by atoms with Gasteiger partial charge >= 0.3 is 15.2 Å². The Kier molecular flexibility index (Phi) is 8.64. The molecule has 0 saturated carbocycles. The summed E-state index contributed by atoms with van der Waals surface area (Å²) in [7, 11) is -9.03. The average molecular weight is 317 g/mol. The second-order valence-electron chi connectivity index (χ2n) is 4.78. The van der Waals surface area contributed by atoms with Crippen LogP contribution in [-0.2, 0) is 9.13 Å². The molecule has 2 unspecified atom stereocenters. The highest BCUT2D eigenvalue weighted by molar-refractivity contribution is 7.56. The van der Waals surface area contributed by atoms with E-state index >= 15 is 0 Å². The predicted octanol–water partition coefficient (Wildman–Crippen LogP) is 1.47. The van der Waals surface area contributed by atoms with Crippen LogP contribution in [0.15, 0.2) is 0 Å². The predicted molar refractivity (Wildman–Crippen MR) is 74.1 cm³/mol. The molecular formula is C10H25NO6P2. The van der Waals surface area contributed by atoms with Gasteiger partial charge in [0.1, 0.15) is 5.78 Å². The first-order chi connectivity index (χ1) is 8.60. The second-order valence-corrected chi connectivity index (χ2v) is 8.27. The van der Waals surface area contributed by atoms with Gasteiger partial charge in [-0.1, -0.05) is 33.1 Å². The molecule has 0 aromatic carbocycles. The maximum atomic E-state index is 11.2. The third-order valence-electron chi connectivity index (χ3n) is 3.00.